The Morgan fingerprint density at radius 1 is 1.14 bits per heavy atom. The lowest BCUT2D eigenvalue weighted by Gasteiger charge is -2.35. The average Bonchev–Trinajstić information content (AvgIpc) is 2.87. The maximum atomic E-state index is 12.6. The Morgan fingerprint density at radius 2 is 1.92 bits per heavy atom. The zero-order valence-corrected chi connectivity index (χ0v) is 20.8. The summed E-state index contributed by atoms with van der Waals surface area (Å²) >= 11 is 0. The van der Waals surface area contributed by atoms with Gasteiger partial charge in [-0.05, 0) is 31.5 Å². The third kappa shape index (κ3) is 6.14. The Hall–Kier alpha value is -3.18. The number of pyridine rings is 2. The number of nitrogens with two attached hydrogens (primary N) is 1. The third-order valence-electron chi connectivity index (χ3n) is 6.59. The van der Waals surface area contributed by atoms with Gasteiger partial charge >= 0.3 is 0 Å². The molecule has 0 saturated carbocycles. The highest BCUT2D eigenvalue weighted by atomic mass is 19.3. The first-order valence-corrected chi connectivity index (χ1v) is 12.3. The maximum Gasteiger partial charge on any atom is 0.251 e. The van der Waals surface area contributed by atoms with Crippen LogP contribution in [0.4, 0.5) is 26.4 Å². The maximum absolute atomic E-state index is 12.6. The van der Waals surface area contributed by atoms with Gasteiger partial charge in [0, 0.05) is 44.1 Å². The molecule has 1 aliphatic rings. The number of hydrogen-bond acceptors (Lipinski definition) is 9. The lowest BCUT2D eigenvalue weighted by Crippen LogP contribution is -2.48. The molecule has 1 atom stereocenters. The molecule has 3 aromatic heterocycles. The standard InChI is InChI=1S/C25H34F2N8O/c1-3-4-7-25(2,16-36)33-23-18-14-29-19(12-20(18)31-24(28)32-23)17-5-6-22(30-13-17)35-10-8-34(9-11-35)15-21(26)27/h5-6,12-14,21,36H,3-4,7-11,15-16H2,1-2H3,(H3,28,31,32,33)/t25-/m1/s1. The Labute approximate surface area is 209 Å². The Kier molecular flexibility index (Phi) is 8.10. The molecular weight excluding hydrogens is 466 g/mol. The van der Waals surface area contributed by atoms with Gasteiger partial charge < -0.3 is 21.1 Å². The van der Waals surface area contributed by atoms with Crippen molar-refractivity contribution in [2.24, 2.45) is 0 Å². The minimum Gasteiger partial charge on any atom is -0.394 e. The predicted molar refractivity (Wildman–Crippen MR) is 138 cm³/mol. The predicted octanol–water partition coefficient (Wildman–Crippen LogP) is 3.41. The van der Waals surface area contributed by atoms with Crippen LogP contribution in [0.3, 0.4) is 0 Å². The van der Waals surface area contributed by atoms with Gasteiger partial charge in [0.1, 0.15) is 11.6 Å². The molecule has 4 rings (SSSR count). The number of nitrogen functional groups attached to an aromatic ring is 1. The number of fused-ring (bicyclic) bond motifs is 1. The molecule has 0 aliphatic carbocycles. The number of piperazine rings is 1. The van der Waals surface area contributed by atoms with E-state index in [1.807, 2.05) is 25.1 Å². The van der Waals surface area contributed by atoms with Crippen LogP contribution in [0, 0.1) is 0 Å². The zero-order valence-electron chi connectivity index (χ0n) is 20.8. The van der Waals surface area contributed by atoms with E-state index in [4.69, 9.17) is 5.73 Å². The fourth-order valence-corrected chi connectivity index (χ4v) is 4.41. The summed E-state index contributed by atoms with van der Waals surface area (Å²) in [5, 5.41) is 14.0. The molecule has 194 valence electrons. The molecule has 4 N–H and O–H groups in total. The fourth-order valence-electron chi connectivity index (χ4n) is 4.41. The molecule has 0 unspecified atom stereocenters. The summed E-state index contributed by atoms with van der Waals surface area (Å²) in [6.07, 6.45) is 3.94. The molecule has 9 nitrogen and oxygen atoms in total. The van der Waals surface area contributed by atoms with Crippen molar-refractivity contribution < 1.29 is 13.9 Å². The largest absolute Gasteiger partial charge is 0.394 e. The summed E-state index contributed by atoms with van der Waals surface area (Å²) < 4.78 is 25.2. The van der Waals surface area contributed by atoms with Crippen molar-refractivity contribution in [1.29, 1.82) is 0 Å². The van der Waals surface area contributed by atoms with Crippen LogP contribution in [-0.4, -0.2) is 81.2 Å². The van der Waals surface area contributed by atoms with Crippen molar-refractivity contribution in [3.63, 3.8) is 0 Å². The van der Waals surface area contributed by atoms with Crippen molar-refractivity contribution in [2.75, 3.05) is 55.3 Å². The molecule has 4 heterocycles. The number of aliphatic hydroxyl groups is 1. The van der Waals surface area contributed by atoms with Gasteiger partial charge in [0.15, 0.2) is 0 Å². The van der Waals surface area contributed by atoms with Gasteiger partial charge in [0.25, 0.3) is 6.43 Å². The smallest absolute Gasteiger partial charge is 0.251 e. The molecule has 1 saturated heterocycles. The zero-order chi connectivity index (χ0) is 25.7. The van der Waals surface area contributed by atoms with E-state index in [0.29, 0.717) is 43.2 Å². The Balaban J connectivity index is 1.52. The minimum absolute atomic E-state index is 0.0385. The van der Waals surface area contributed by atoms with E-state index in [2.05, 4.69) is 37.1 Å². The summed E-state index contributed by atoms with van der Waals surface area (Å²) in [4.78, 5) is 21.8. The van der Waals surface area contributed by atoms with Crippen LogP contribution < -0.4 is 16.0 Å². The van der Waals surface area contributed by atoms with Crippen molar-refractivity contribution in [3.05, 3.63) is 30.6 Å². The lowest BCUT2D eigenvalue weighted by atomic mass is 9.95. The number of aliphatic hydroxyl groups excluding tert-OH is 1. The quantitative estimate of drug-likeness (QED) is 0.385. The Morgan fingerprint density at radius 3 is 2.56 bits per heavy atom. The van der Waals surface area contributed by atoms with E-state index < -0.39 is 12.0 Å². The second kappa shape index (κ2) is 11.3. The van der Waals surface area contributed by atoms with Crippen molar-refractivity contribution in [2.45, 2.75) is 45.1 Å². The molecule has 0 bridgehead atoms. The number of nitrogens with one attached hydrogen (secondary N) is 1. The van der Waals surface area contributed by atoms with E-state index in [1.165, 1.54) is 0 Å². The van der Waals surface area contributed by atoms with Crippen LogP contribution in [0.1, 0.15) is 33.1 Å². The van der Waals surface area contributed by atoms with E-state index in [1.54, 1.807) is 17.3 Å². The highest BCUT2D eigenvalue weighted by Crippen LogP contribution is 2.29. The van der Waals surface area contributed by atoms with E-state index in [9.17, 15) is 13.9 Å². The Bertz CT molecular complexity index is 1150. The van der Waals surface area contributed by atoms with Gasteiger partial charge in [0.2, 0.25) is 5.95 Å². The number of unbranched alkanes of at least 4 members (excludes halogenated alkanes) is 1. The van der Waals surface area contributed by atoms with Gasteiger partial charge in [-0.2, -0.15) is 4.98 Å². The second-order valence-corrected chi connectivity index (χ2v) is 9.55. The highest BCUT2D eigenvalue weighted by Gasteiger charge is 2.25. The van der Waals surface area contributed by atoms with E-state index >= 15 is 0 Å². The van der Waals surface area contributed by atoms with Crippen molar-refractivity contribution in [3.8, 4) is 11.3 Å². The SMILES string of the molecule is CCCC[C@](C)(CO)Nc1nc(N)nc2cc(-c3ccc(N4CCN(CC(F)F)CC4)nc3)ncc12. The van der Waals surface area contributed by atoms with Crippen LogP contribution >= 0.6 is 0 Å². The first kappa shape index (κ1) is 25.9. The molecule has 0 amide bonds. The minimum atomic E-state index is -2.31. The molecule has 11 heteroatoms. The second-order valence-electron chi connectivity index (χ2n) is 9.55. The monoisotopic (exact) mass is 500 g/mol. The van der Waals surface area contributed by atoms with Crippen LogP contribution in [0.2, 0.25) is 0 Å². The number of aromatic nitrogens is 4. The molecule has 1 aliphatic heterocycles. The first-order valence-electron chi connectivity index (χ1n) is 12.3. The molecule has 3 aromatic rings. The normalized spacial score (nSPS) is 16.4. The lowest BCUT2D eigenvalue weighted by molar-refractivity contribution is 0.0854. The number of halogens is 2. The molecule has 36 heavy (non-hydrogen) atoms. The topological polar surface area (TPSA) is 116 Å². The summed E-state index contributed by atoms with van der Waals surface area (Å²) in [7, 11) is 0. The molecular formula is C25H34F2N8O. The van der Waals surface area contributed by atoms with Crippen LogP contribution in [0.15, 0.2) is 30.6 Å². The molecule has 0 spiro atoms. The van der Waals surface area contributed by atoms with Crippen molar-refractivity contribution in [1.82, 2.24) is 24.8 Å². The van der Waals surface area contributed by atoms with Gasteiger partial charge in [-0.1, -0.05) is 19.8 Å². The summed E-state index contributed by atoms with van der Waals surface area (Å²) in [5.74, 6) is 1.49. The van der Waals surface area contributed by atoms with Crippen LogP contribution in [-0.2, 0) is 0 Å². The van der Waals surface area contributed by atoms with Crippen LogP contribution in [0.25, 0.3) is 22.2 Å². The molecule has 0 radical (unpaired) electrons. The molecule has 1 fully saturated rings. The summed E-state index contributed by atoms with van der Waals surface area (Å²) in [5.41, 5.74) is 7.64. The van der Waals surface area contributed by atoms with E-state index in [-0.39, 0.29) is 19.1 Å². The van der Waals surface area contributed by atoms with Gasteiger partial charge in [0.05, 0.1) is 35.3 Å². The summed E-state index contributed by atoms with van der Waals surface area (Å²) in [6, 6.07) is 5.71. The fraction of sp³-hybridized carbons (Fsp3) is 0.520. The van der Waals surface area contributed by atoms with Crippen molar-refractivity contribution >= 4 is 28.5 Å². The van der Waals surface area contributed by atoms with Gasteiger partial charge in [-0.3, -0.25) is 9.88 Å². The number of alkyl halides is 2. The van der Waals surface area contributed by atoms with Gasteiger partial charge in [-0.25, -0.2) is 18.7 Å². The first-order chi connectivity index (χ1) is 17.3. The third-order valence-corrected chi connectivity index (χ3v) is 6.59. The summed E-state index contributed by atoms with van der Waals surface area (Å²) in [6.45, 7) is 6.34. The van der Waals surface area contributed by atoms with E-state index in [0.717, 1.165) is 36.0 Å². The number of anilines is 3. The van der Waals surface area contributed by atoms with Crippen LogP contribution in [0.5, 0.6) is 0 Å². The number of rotatable bonds is 10. The van der Waals surface area contributed by atoms with Gasteiger partial charge in [-0.15, -0.1) is 0 Å². The number of nitrogens with zero attached hydrogens (tertiary/aromatic N) is 6. The number of hydrogen-bond donors (Lipinski definition) is 3. The highest BCUT2D eigenvalue weighted by molar-refractivity contribution is 5.91. The molecule has 0 aromatic carbocycles. The average molecular weight is 501 g/mol.